The second-order valence-corrected chi connectivity index (χ2v) is 5.83. The molecule has 1 N–H and O–H groups in total. The van der Waals surface area contributed by atoms with Crippen molar-refractivity contribution in [1.82, 2.24) is 5.43 Å². The molecule has 0 aliphatic carbocycles. The maximum atomic E-state index is 12.7. The molecule has 1 heterocycles. The summed E-state index contributed by atoms with van der Waals surface area (Å²) in [6.45, 7) is 0. The van der Waals surface area contributed by atoms with Crippen molar-refractivity contribution in [3.63, 3.8) is 0 Å². The van der Waals surface area contributed by atoms with Gasteiger partial charge in [0.2, 0.25) is 0 Å². The Balaban J connectivity index is 1.82. The minimum absolute atomic E-state index is 0.145. The van der Waals surface area contributed by atoms with Crippen molar-refractivity contribution >= 4 is 23.5 Å². The molecule has 0 radical (unpaired) electrons. The molecule has 2 aromatic carbocycles. The van der Waals surface area contributed by atoms with Gasteiger partial charge in [-0.05, 0) is 28.0 Å². The maximum absolute atomic E-state index is 12.7. The Morgan fingerprint density at radius 2 is 1.57 bits per heavy atom. The van der Waals surface area contributed by atoms with E-state index < -0.39 is 0 Å². The quantitative estimate of drug-likeness (QED) is 0.559. The lowest BCUT2D eigenvalue weighted by molar-refractivity contribution is -0.121. The SMILES string of the molecule is O=C(N/N=C/c1ccsc1)C(c1ccccc1)c1ccccc1. The molecule has 4 heteroatoms. The van der Waals surface area contributed by atoms with Gasteiger partial charge in [0.1, 0.15) is 0 Å². The Morgan fingerprint density at radius 3 is 2.09 bits per heavy atom. The fourth-order valence-corrected chi connectivity index (χ4v) is 2.98. The predicted molar refractivity (Wildman–Crippen MR) is 94.8 cm³/mol. The zero-order chi connectivity index (χ0) is 15.9. The first kappa shape index (κ1) is 15.2. The summed E-state index contributed by atoms with van der Waals surface area (Å²) in [7, 11) is 0. The number of hydrogen-bond donors (Lipinski definition) is 1. The molecule has 0 atom stereocenters. The molecule has 0 bridgehead atoms. The number of nitrogens with one attached hydrogen (secondary N) is 1. The topological polar surface area (TPSA) is 41.5 Å². The van der Waals surface area contributed by atoms with E-state index in [1.165, 1.54) is 0 Å². The highest BCUT2D eigenvalue weighted by Crippen LogP contribution is 2.24. The van der Waals surface area contributed by atoms with E-state index in [0.29, 0.717) is 0 Å². The molecular weight excluding hydrogens is 304 g/mol. The zero-order valence-electron chi connectivity index (χ0n) is 12.4. The number of hydrazone groups is 1. The van der Waals surface area contributed by atoms with E-state index in [9.17, 15) is 4.79 Å². The molecule has 0 saturated heterocycles. The lowest BCUT2D eigenvalue weighted by Crippen LogP contribution is -2.26. The summed E-state index contributed by atoms with van der Waals surface area (Å²) in [5.74, 6) is -0.522. The van der Waals surface area contributed by atoms with Gasteiger partial charge in [-0.2, -0.15) is 16.4 Å². The number of rotatable bonds is 5. The van der Waals surface area contributed by atoms with E-state index >= 15 is 0 Å². The number of thiophene rings is 1. The van der Waals surface area contributed by atoms with Crippen molar-refractivity contribution in [2.75, 3.05) is 0 Å². The standard InChI is InChI=1S/C19H16N2OS/c22-19(21-20-13-15-11-12-23-14-15)18(16-7-3-1-4-8-16)17-9-5-2-6-10-17/h1-14,18H,(H,21,22)/b20-13+. The average molecular weight is 320 g/mol. The third-order valence-electron chi connectivity index (χ3n) is 3.46. The fraction of sp³-hybridized carbons (Fsp3) is 0.0526. The minimum atomic E-state index is -0.378. The molecule has 0 saturated carbocycles. The van der Waals surface area contributed by atoms with E-state index in [0.717, 1.165) is 16.7 Å². The third kappa shape index (κ3) is 3.93. The highest BCUT2D eigenvalue weighted by atomic mass is 32.1. The van der Waals surface area contributed by atoms with Gasteiger partial charge in [-0.3, -0.25) is 4.79 Å². The van der Waals surface area contributed by atoms with Crippen LogP contribution in [0.3, 0.4) is 0 Å². The van der Waals surface area contributed by atoms with E-state index in [1.807, 2.05) is 77.5 Å². The molecule has 1 amide bonds. The largest absolute Gasteiger partial charge is 0.272 e. The Hall–Kier alpha value is -2.72. The van der Waals surface area contributed by atoms with Crippen LogP contribution in [0.15, 0.2) is 82.6 Å². The van der Waals surface area contributed by atoms with Crippen LogP contribution in [0.4, 0.5) is 0 Å². The smallest absolute Gasteiger partial charge is 0.252 e. The number of carbonyl (C=O) groups excluding carboxylic acids is 1. The van der Waals surface area contributed by atoms with Crippen LogP contribution in [0.2, 0.25) is 0 Å². The van der Waals surface area contributed by atoms with Crippen molar-refractivity contribution in [1.29, 1.82) is 0 Å². The second kappa shape index (κ2) is 7.51. The molecule has 3 rings (SSSR count). The Morgan fingerprint density at radius 1 is 0.957 bits per heavy atom. The Kier molecular flexibility index (Phi) is 4.96. The van der Waals surface area contributed by atoms with E-state index in [2.05, 4.69) is 10.5 Å². The van der Waals surface area contributed by atoms with Crippen LogP contribution in [-0.4, -0.2) is 12.1 Å². The van der Waals surface area contributed by atoms with Crippen molar-refractivity contribution < 1.29 is 4.79 Å². The maximum Gasteiger partial charge on any atom is 0.252 e. The van der Waals surface area contributed by atoms with Gasteiger partial charge in [-0.15, -0.1) is 0 Å². The first-order valence-corrected chi connectivity index (χ1v) is 8.24. The van der Waals surface area contributed by atoms with Crippen LogP contribution in [0, 0.1) is 0 Å². The van der Waals surface area contributed by atoms with Crippen LogP contribution in [0.5, 0.6) is 0 Å². The van der Waals surface area contributed by atoms with Crippen molar-refractivity contribution in [2.24, 2.45) is 5.10 Å². The van der Waals surface area contributed by atoms with Gasteiger partial charge in [0, 0.05) is 5.56 Å². The molecule has 1 aromatic heterocycles. The summed E-state index contributed by atoms with van der Waals surface area (Å²) in [5, 5.41) is 8.01. The normalized spacial score (nSPS) is 11.0. The summed E-state index contributed by atoms with van der Waals surface area (Å²) in [4.78, 5) is 12.7. The molecular formula is C19H16N2OS. The average Bonchev–Trinajstić information content (AvgIpc) is 3.10. The highest BCUT2D eigenvalue weighted by Gasteiger charge is 2.21. The van der Waals surface area contributed by atoms with Crippen LogP contribution in [0.25, 0.3) is 0 Å². The number of amides is 1. The van der Waals surface area contributed by atoms with E-state index in [4.69, 9.17) is 0 Å². The lowest BCUT2D eigenvalue weighted by Gasteiger charge is -2.16. The minimum Gasteiger partial charge on any atom is -0.272 e. The van der Waals surface area contributed by atoms with Crippen LogP contribution in [0.1, 0.15) is 22.6 Å². The highest BCUT2D eigenvalue weighted by molar-refractivity contribution is 7.08. The van der Waals surface area contributed by atoms with Gasteiger partial charge in [-0.1, -0.05) is 60.7 Å². The molecule has 0 spiro atoms. The van der Waals surface area contributed by atoms with Gasteiger partial charge in [0.05, 0.1) is 12.1 Å². The molecule has 23 heavy (non-hydrogen) atoms. The number of carbonyl (C=O) groups is 1. The summed E-state index contributed by atoms with van der Waals surface area (Å²) in [6, 6.07) is 21.4. The van der Waals surface area contributed by atoms with Crippen molar-refractivity contribution in [2.45, 2.75) is 5.92 Å². The first-order chi connectivity index (χ1) is 11.3. The molecule has 0 aliphatic heterocycles. The predicted octanol–water partition coefficient (Wildman–Crippen LogP) is 4.03. The number of benzene rings is 2. The van der Waals surface area contributed by atoms with Gasteiger partial charge < -0.3 is 0 Å². The molecule has 114 valence electrons. The summed E-state index contributed by atoms with van der Waals surface area (Å²) in [6.07, 6.45) is 1.65. The molecule has 0 fully saturated rings. The molecule has 0 aliphatic rings. The molecule has 0 unspecified atom stereocenters. The van der Waals surface area contributed by atoms with E-state index in [1.54, 1.807) is 17.6 Å². The van der Waals surface area contributed by atoms with Gasteiger partial charge in [0.25, 0.3) is 5.91 Å². The fourth-order valence-electron chi connectivity index (χ4n) is 2.37. The van der Waals surface area contributed by atoms with Gasteiger partial charge in [-0.25, -0.2) is 5.43 Å². The second-order valence-electron chi connectivity index (χ2n) is 5.05. The lowest BCUT2D eigenvalue weighted by atomic mass is 9.91. The van der Waals surface area contributed by atoms with Gasteiger partial charge >= 0.3 is 0 Å². The molecule has 3 nitrogen and oxygen atoms in total. The molecule has 3 aromatic rings. The van der Waals surface area contributed by atoms with Crippen LogP contribution in [-0.2, 0) is 4.79 Å². The number of hydrogen-bond acceptors (Lipinski definition) is 3. The summed E-state index contributed by atoms with van der Waals surface area (Å²) >= 11 is 1.59. The van der Waals surface area contributed by atoms with Crippen LogP contribution < -0.4 is 5.43 Å². The van der Waals surface area contributed by atoms with Crippen molar-refractivity contribution in [3.05, 3.63) is 94.2 Å². The first-order valence-electron chi connectivity index (χ1n) is 7.29. The van der Waals surface area contributed by atoms with Crippen LogP contribution >= 0.6 is 11.3 Å². The van der Waals surface area contributed by atoms with Gasteiger partial charge in [0.15, 0.2) is 0 Å². The van der Waals surface area contributed by atoms with E-state index in [-0.39, 0.29) is 11.8 Å². The zero-order valence-corrected chi connectivity index (χ0v) is 13.2. The summed E-state index contributed by atoms with van der Waals surface area (Å²) < 4.78 is 0. The monoisotopic (exact) mass is 320 g/mol. The third-order valence-corrected chi connectivity index (χ3v) is 4.16. The number of nitrogens with zero attached hydrogens (tertiary/aromatic N) is 1. The Bertz CT molecular complexity index is 728. The summed E-state index contributed by atoms with van der Waals surface area (Å²) in [5.41, 5.74) is 5.52. The van der Waals surface area contributed by atoms with Crippen molar-refractivity contribution in [3.8, 4) is 0 Å². The Labute approximate surface area is 139 Å².